The molecule has 0 unspecified atom stereocenters. The Balaban J connectivity index is 1.88. The van der Waals surface area contributed by atoms with Gasteiger partial charge < -0.3 is 11.1 Å². The number of carbonyl (C=O) groups is 1. The van der Waals surface area contributed by atoms with Crippen LogP contribution in [-0.4, -0.2) is 16.6 Å². The van der Waals surface area contributed by atoms with Gasteiger partial charge in [-0.25, -0.2) is 4.98 Å². The fourth-order valence-electron chi connectivity index (χ4n) is 1.39. The average molecular weight is 338 g/mol. The minimum absolute atomic E-state index is 0.0858. The van der Waals surface area contributed by atoms with E-state index in [0.717, 1.165) is 10.2 Å². The van der Waals surface area contributed by atoms with Gasteiger partial charge in [0.2, 0.25) is 5.91 Å². The molecule has 1 aromatic carbocycles. The molecule has 98 valence electrons. The zero-order valence-corrected chi connectivity index (χ0v) is 12.4. The molecule has 0 aliphatic carbocycles. The van der Waals surface area contributed by atoms with Gasteiger partial charge in [-0.05, 0) is 36.4 Å². The Bertz CT molecular complexity index is 574. The molecule has 2 rings (SSSR count). The van der Waals surface area contributed by atoms with Gasteiger partial charge in [0.15, 0.2) is 0 Å². The predicted molar refractivity (Wildman–Crippen MR) is 82.1 cm³/mol. The van der Waals surface area contributed by atoms with Gasteiger partial charge in [-0.15, -0.1) is 0 Å². The molecular formula is C13H12BrN3OS. The molecule has 0 radical (unpaired) electrons. The lowest BCUT2D eigenvalue weighted by Gasteiger charge is -2.06. The molecule has 1 aromatic heterocycles. The summed E-state index contributed by atoms with van der Waals surface area (Å²) in [5.41, 5.74) is 7.11. The number of hydrogen-bond acceptors (Lipinski definition) is 4. The molecule has 0 saturated carbocycles. The molecule has 2 aromatic rings. The summed E-state index contributed by atoms with van der Waals surface area (Å²) < 4.78 is 0.973. The number of aromatic nitrogens is 1. The Kier molecular flexibility index (Phi) is 4.81. The van der Waals surface area contributed by atoms with Crippen molar-refractivity contribution in [3.05, 3.63) is 47.1 Å². The molecule has 0 spiro atoms. The van der Waals surface area contributed by atoms with Crippen molar-refractivity contribution in [3.8, 4) is 0 Å². The summed E-state index contributed by atoms with van der Waals surface area (Å²) in [5.74, 6) is 0.189. The lowest BCUT2D eigenvalue weighted by Crippen LogP contribution is -2.14. The van der Waals surface area contributed by atoms with E-state index in [1.807, 2.05) is 24.3 Å². The molecule has 4 nitrogen and oxygen atoms in total. The fourth-order valence-corrected chi connectivity index (χ4v) is 2.36. The second-order valence-corrected chi connectivity index (χ2v) is 5.62. The van der Waals surface area contributed by atoms with Crippen LogP contribution in [-0.2, 0) is 4.79 Å². The van der Waals surface area contributed by atoms with Crippen LogP contribution in [0.15, 0.2) is 52.1 Å². The van der Waals surface area contributed by atoms with E-state index in [2.05, 4.69) is 26.2 Å². The van der Waals surface area contributed by atoms with E-state index in [4.69, 9.17) is 5.73 Å². The largest absolute Gasteiger partial charge is 0.397 e. The molecule has 1 amide bonds. The number of amides is 1. The Morgan fingerprint density at radius 1 is 1.32 bits per heavy atom. The van der Waals surface area contributed by atoms with E-state index in [9.17, 15) is 4.79 Å². The van der Waals surface area contributed by atoms with E-state index in [1.54, 1.807) is 18.3 Å². The second-order valence-electron chi connectivity index (χ2n) is 3.74. The molecular weight excluding hydrogens is 326 g/mol. The maximum Gasteiger partial charge on any atom is 0.234 e. The van der Waals surface area contributed by atoms with E-state index >= 15 is 0 Å². The summed E-state index contributed by atoms with van der Waals surface area (Å²) >= 11 is 4.66. The van der Waals surface area contributed by atoms with Crippen molar-refractivity contribution >= 4 is 45.0 Å². The van der Waals surface area contributed by atoms with Crippen LogP contribution in [0.1, 0.15) is 0 Å². The van der Waals surface area contributed by atoms with E-state index in [1.165, 1.54) is 11.8 Å². The summed E-state index contributed by atoms with van der Waals surface area (Å²) in [6, 6.07) is 11.0. The Labute approximate surface area is 123 Å². The number of carbonyl (C=O) groups excluding carboxylic acids is 1. The summed E-state index contributed by atoms with van der Waals surface area (Å²) in [4.78, 5) is 15.9. The van der Waals surface area contributed by atoms with Crippen molar-refractivity contribution in [1.29, 1.82) is 0 Å². The molecule has 0 aliphatic heterocycles. The van der Waals surface area contributed by atoms with Crippen LogP contribution in [0.4, 0.5) is 11.4 Å². The maximum absolute atomic E-state index is 11.8. The first-order valence-corrected chi connectivity index (χ1v) is 7.32. The molecule has 19 heavy (non-hydrogen) atoms. The van der Waals surface area contributed by atoms with Gasteiger partial charge in [-0.2, -0.15) is 0 Å². The lowest BCUT2D eigenvalue weighted by atomic mass is 10.3. The second kappa shape index (κ2) is 6.58. The number of hydrogen-bond donors (Lipinski definition) is 2. The van der Waals surface area contributed by atoms with Gasteiger partial charge in [0.1, 0.15) is 5.03 Å². The number of benzene rings is 1. The fraction of sp³-hybridized carbons (Fsp3) is 0.0769. The van der Waals surface area contributed by atoms with Crippen molar-refractivity contribution in [2.24, 2.45) is 0 Å². The predicted octanol–water partition coefficient (Wildman–Crippen LogP) is 3.16. The first-order chi connectivity index (χ1) is 9.15. The van der Waals surface area contributed by atoms with Crippen molar-refractivity contribution in [1.82, 2.24) is 4.98 Å². The number of thioether (sulfide) groups is 1. The van der Waals surface area contributed by atoms with Crippen LogP contribution in [0, 0.1) is 0 Å². The Hall–Kier alpha value is -1.53. The summed E-state index contributed by atoms with van der Waals surface area (Å²) in [5, 5.41) is 3.48. The number of nitrogens with zero attached hydrogens (tertiary/aromatic N) is 1. The third-order valence-electron chi connectivity index (χ3n) is 2.27. The first-order valence-electron chi connectivity index (χ1n) is 5.54. The number of anilines is 2. The molecule has 0 aliphatic rings. The zero-order chi connectivity index (χ0) is 13.7. The van der Waals surface area contributed by atoms with Gasteiger partial charge in [0.05, 0.1) is 11.4 Å². The van der Waals surface area contributed by atoms with Gasteiger partial charge in [0, 0.05) is 16.4 Å². The molecule has 1 heterocycles. The summed E-state index contributed by atoms with van der Waals surface area (Å²) in [7, 11) is 0. The molecule has 0 atom stereocenters. The smallest absolute Gasteiger partial charge is 0.234 e. The normalized spacial score (nSPS) is 10.2. The number of halogens is 1. The monoisotopic (exact) mass is 337 g/mol. The zero-order valence-electron chi connectivity index (χ0n) is 9.97. The van der Waals surface area contributed by atoms with E-state index in [-0.39, 0.29) is 11.7 Å². The van der Waals surface area contributed by atoms with Gasteiger partial charge in [-0.3, -0.25) is 4.79 Å². The van der Waals surface area contributed by atoms with E-state index < -0.39 is 0 Å². The molecule has 3 N–H and O–H groups in total. The number of pyridine rings is 1. The summed E-state index contributed by atoms with van der Waals surface area (Å²) in [6.07, 6.45) is 1.66. The standard InChI is InChI=1S/C13H12BrN3OS/c14-9-3-5-10(6-4-9)17-12(18)8-19-13-11(15)2-1-7-16-13/h1-7H,8,15H2,(H,17,18). The van der Waals surface area contributed by atoms with Crippen LogP contribution in [0.5, 0.6) is 0 Å². The van der Waals surface area contributed by atoms with Crippen LogP contribution in [0.2, 0.25) is 0 Å². The third kappa shape index (κ3) is 4.25. The highest BCUT2D eigenvalue weighted by Gasteiger charge is 2.06. The van der Waals surface area contributed by atoms with Crippen LogP contribution in [0.25, 0.3) is 0 Å². The quantitative estimate of drug-likeness (QED) is 0.841. The number of nitrogen functional groups attached to an aromatic ring is 1. The highest BCUT2D eigenvalue weighted by molar-refractivity contribution is 9.10. The van der Waals surface area contributed by atoms with Crippen LogP contribution in [0.3, 0.4) is 0 Å². The highest BCUT2D eigenvalue weighted by Crippen LogP contribution is 2.21. The van der Waals surface area contributed by atoms with Crippen molar-refractivity contribution < 1.29 is 4.79 Å². The van der Waals surface area contributed by atoms with Crippen molar-refractivity contribution in [2.45, 2.75) is 5.03 Å². The van der Waals surface area contributed by atoms with Gasteiger partial charge in [-0.1, -0.05) is 27.7 Å². The van der Waals surface area contributed by atoms with Crippen molar-refractivity contribution in [3.63, 3.8) is 0 Å². The highest BCUT2D eigenvalue weighted by atomic mass is 79.9. The molecule has 0 saturated heterocycles. The molecule has 0 bridgehead atoms. The Morgan fingerprint density at radius 3 is 2.74 bits per heavy atom. The number of nitrogens with two attached hydrogens (primary N) is 1. The lowest BCUT2D eigenvalue weighted by molar-refractivity contribution is -0.113. The van der Waals surface area contributed by atoms with Crippen LogP contribution < -0.4 is 11.1 Å². The minimum Gasteiger partial charge on any atom is -0.397 e. The Morgan fingerprint density at radius 2 is 2.05 bits per heavy atom. The SMILES string of the molecule is Nc1cccnc1SCC(=O)Nc1ccc(Br)cc1. The summed E-state index contributed by atoms with van der Waals surface area (Å²) in [6.45, 7) is 0. The van der Waals surface area contributed by atoms with Gasteiger partial charge in [0.25, 0.3) is 0 Å². The molecule has 0 fully saturated rings. The molecule has 6 heteroatoms. The first kappa shape index (κ1) is 13.9. The number of nitrogens with one attached hydrogen (secondary N) is 1. The average Bonchev–Trinajstić information content (AvgIpc) is 2.40. The topological polar surface area (TPSA) is 68.0 Å². The van der Waals surface area contributed by atoms with Gasteiger partial charge >= 0.3 is 0 Å². The van der Waals surface area contributed by atoms with E-state index in [0.29, 0.717) is 10.7 Å². The number of rotatable bonds is 4. The minimum atomic E-state index is -0.0858. The third-order valence-corrected chi connectivity index (χ3v) is 3.82. The van der Waals surface area contributed by atoms with Crippen molar-refractivity contribution in [2.75, 3.05) is 16.8 Å². The maximum atomic E-state index is 11.8. The van der Waals surface area contributed by atoms with Crippen LogP contribution >= 0.6 is 27.7 Å².